The van der Waals surface area contributed by atoms with Crippen LogP contribution in [0.4, 0.5) is 39.5 Å². The average Bonchev–Trinajstić information content (AvgIpc) is 2.71. The van der Waals surface area contributed by atoms with Crippen LogP contribution in [0.15, 0.2) is 42.5 Å². The molecule has 2 atom stereocenters. The van der Waals surface area contributed by atoms with Gasteiger partial charge >= 0.3 is 24.5 Å². The number of halogens is 9. The molecule has 35 heavy (non-hydrogen) atoms. The summed E-state index contributed by atoms with van der Waals surface area (Å²) in [6.07, 6.45) is -14.2. The van der Waals surface area contributed by atoms with Crippen LogP contribution in [-0.4, -0.2) is 22.5 Å². The van der Waals surface area contributed by atoms with Crippen molar-refractivity contribution in [1.82, 2.24) is 4.90 Å². The lowest BCUT2D eigenvalue weighted by Gasteiger charge is -2.42. The van der Waals surface area contributed by atoms with Crippen molar-refractivity contribution in [3.63, 3.8) is 0 Å². The van der Waals surface area contributed by atoms with Crippen LogP contribution in [0.25, 0.3) is 0 Å². The van der Waals surface area contributed by atoms with Crippen LogP contribution in [0.5, 0.6) is 0 Å². The molecule has 0 aromatic heterocycles. The summed E-state index contributed by atoms with van der Waals surface area (Å²) in [5.74, 6) is -1.87. The molecular formula is C23H20F9NO2. The van der Waals surface area contributed by atoms with Gasteiger partial charge in [0.05, 0.1) is 16.7 Å². The number of carboxylic acids is 1. The molecular weight excluding hydrogens is 493 g/mol. The Bertz CT molecular complexity index is 1040. The number of rotatable bonds is 5. The number of benzene rings is 2. The first-order valence-corrected chi connectivity index (χ1v) is 10.5. The standard InChI is InChI=1S/C23H20F9NO2/c24-21(25,26)16-5-3-13(4-6-16)20-14(11-19(34)35)2-1-9-33(20)12-15-10-17(22(27,28)29)7-8-18(15)23(30,31)32/h3-8,10,14,20H,1-2,9,11-12H2,(H,34,35). The van der Waals surface area contributed by atoms with Crippen LogP contribution in [0.1, 0.15) is 53.1 Å². The minimum absolute atomic E-state index is 0.120. The second-order valence-electron chi connectivity index (χ2n) is 8.40. The van der Waals surface area contributed by atoms with Gasteiger partial charge in [-0.15, -0.1) is 0 Å². The van der Waals surface area contributed by atoms with E-state index in [1.54, 1.807) is 0 Å². The summed E-state index contributed by atoms with van der Waals surface area (Å²) in [5.41, 5.74) is -3.91. The Morgan fingerprint density at radius 3 is 1.94 bits per heavy atom. The number of carboxylic acid groups (broad SMARTS) is 1. The molecule has 1 aliphatic rings. The van der Waals surface area contributed by atoms with Crippen LogP contribution in [0, 0.1) is 5.92 Å². The van der Waals surface area contributed by atoms with E-state index in [1.807, 2.05) is 0 Å². The van der Waals surface area contributed by atoms with E-state index < -0.39 is 71.7 Å². The fourth-order valence-corrected chi connectivity index (χ4v) is 4.52. The van der Waals surface area contributed by atoms with Gasteiger partial charge in [0.2, 0.25) is 0 Å². The summed E-state index contributed by atoms with van der Waals surface area (Å²) < 4.78 is 119. The van der Waals surface area contributed by atoms with Crippen LogP contribution in [0.3, 0.4) is 0 Å². The molecule has 1 aliphatic heterocycles. The molecule has 0 saturated carbocycles. The molecule has 0 amide bonds. The average molecular weight is 513 g/mol. The van der Waals surface area contributed by atoms with Gasteiger partial charge in [0.25, 0.3) is 0 Å². The van der Waals surface area contributed by atoms with Gasteiger partial charge in [0.15, 0.2) is 0 Å². The predicted molar refractivity (Wildman–Crippen MR) is 106 cm³/mol. The highest BCUT2D eigenvalue weighted by molar-refractivity contribution is 5.67. The van der Waals surface area contributed by atoms with Crippen LogP contribution in [-0.2, 0) is 29.9 Å². The Labute approximate surface area is 194 Å². The van der Waals surface area contributed by atoms with E-state index in [4.69, 9.17) is 0 Å². The minimum atomic E-state index is -4.94. The zero-order chi connectivity index (χ0) is 26.2. The maximum absolute atomic E-state index is 13.6. The van der Waals surface area contributed by atoms with Crippen molar-refractivity contribution in [2.45, 2.75) is 50.4 Å². The lowest BCUT2D eigenvalue weighted by atomic mass is 9.82. The zero-order valence-corrected chi connectivity index (χ0v) is 17.9. The third kappa shape index (κ3) is 6.47. The van der Waals surface area contributed by atoms with E-state index in [2.05, 4.69) is 0 Å². The monoisotopic (exact) mass is 513 g/mol. The van der Waals surface area contributed by atoms with Gasteiger partial charge < -0.3 is 5.11 Å². The third-order valence-corrected chi connectivity index (χ3v) is 5.99. The normalized spacial score (nSPS) is 20.1. The molecule has 2 unspecified atom stereocenters. The highest BCUT2D eigenvalue weighted by Crippen LogP contribution is 2.42. The summed E-state index contributed by atoms with van der Waals surface area (Å²) in [7, 11) is 0. The zero-order valence-electron chi connectivity index (χ0n) is 17.9. The van der Waals surface area contributed by atoms with Crippen molar-refractivity contribution in [3.8, 4) is 0 Å². The summed E-state index contributed by atoms with van der Waals surface area (Å²) in [6, 6.07) is 4.00. The fourth-order valence-electron chi connectivity index (χ4n) is 4.52. The van der Waals surface area contributed by atoms with Gasteiger partial charge in [0.1, 0.15) is 0 Å². The topological polar surface area (TPSA) is 40.5 Å². The van der Waals surface area contributed by atoms with E-state index in [1.165, 1.54) is 4.90 Å². The molecule has 192 valence electrons. The highest BCUT2D eigenvalue weighted by Gasteiger charge is 2.40. The summed E-state index contributed by atoms with van der Waals surface area (Å²) in [4.78, 5) is 12.8. The van der Waals surface area contributed by atoms with Crippen molar-refractivity contribution in [1.29, 1.82) is 0 Å². The Hall–Kier alpha value is -2.76. The van der Waals surface area contributed by atoms with Crippen molar-refractivity contribution in [2.75, 3.05) is 6.54 Å². The highest BCUT2D eigenvalue weighted by atomic mass is 19.4. The largest absolute Gasteiger partial charge is 0.481 e. The lowest BCUT2D eigenvalue weighted by Crippen LogP contribution is -2.39. The quantitative estimate of drug-likeness (QED) is 0.431. The molecule has 2 aromatic rings. The molecule has 1 saturated heterocycles. The maximum atomic E-state index is 13.6. The van der Waals surface area contributed by atoms with Crippen LogP contribution >= 0.6 is 0 Å². The molecule has 2 aromatic carbocycles. The van der Waals surface area contributed by atoms with Gasteiger partial charge in [-0.1, -0.05) is 12.1 Å². The van der Waals surface area contributed by atoms with Gasteiger partial charge in [-0.3, -0.25) is 9.69 Å². The van der Waals surface area contributed by atoms with Crippen molar-refractivity contribution in [2.24, 2.45) is 5.92 Å². The van der Waals surface area contributed by atoms with E-state index in [0.29, 0.717) is 31.0 Å². The van der Waals surface area contributed by atoms with Crippen molar-refractivity contribution < 1.29 is 49.4 Å². The van der Waals surface area contributed by atoms with Crippen molar-refractivity contribution in [3.05, 3.63) is 70.3 Å². The number of likely N-dealkylation sites (tertiary alicyclic amines) is 1. The summed E-state index contributed by atoms with van der Waals surface area (Å²) >= 11 is 0. The predicted octanol–water partition coefficient (Wildman–Crippen LogP) is 7.17. The number of nitrogens with zero attached hydrogens (tertiary/aromatic N) is 1. The minimum Gasteiger partial charge on any atom is -0.481 e. The molecule has 1 N–H and O–H groups in total. The second kappa shape index (κ2) is 9.71. The Balaban J connectivity index is 2.05. The number of alkyl halides is 9. The van der Waals surface area contributed by atoms with Gasteiger partial charge in [0, 0.05) is 19.0 Å². The number of aliphatic carboxylic acids is 1. The fraction of sp³-hybridized carbons (Fsp3) is 0.435. The molecule has 0 spiro atoms. The molecule has 0 radical (unpaired) electrons. The van der Waals surface area contributed by atoms with Gasteiger partial charge in [-0.05, 0) is 66.8 Å². The van der Waals surface area contributed by atoms with Crippen LogP contribution in [0.2, 0.25) is 0 Å². The van der Waals surface area contributed by atoms with E-state index in [0.717, 1.165) is 24.3 Å². The van der Waals surface area contributed by atoms with Crippen molar-refractivity contribution >= 4 is 5.97 Å². The third-order valence-electron chi connectivity index (χ3n) is 5.99. The first kappa shape index (κ1) is 26.8. The Morgan fingerprint density at radius 1 is 0.857 bits per heavy atom. The summed E-state index contributed by atoms with van der Waals surface area (Å²) in [5, 5.41) is 9.29. The molecule has 0 aliphatic carbocycles. The number of carbonyl (C=O) groups is 1. The molecule has 3 rings (SSSR count). The van der Waals surface area contributed by atoms with E-state index >= 15 is 0 Å². The number of piperidine rings is 1. The molecule has 1 heterocycles. The Morgan fingerprint density at radius 2 is 1.43 bits per heavy atom. The first-order valence-electron chi connectivity index (χ1n) is 10.5. The van der Waals surface area contributed by atoms with Gasteiger partial charge in [-0.2, -0.15) is 39.5 Å². The second-order valence-corrected chi connectivity index (χ2v) is 8.40. The molecule has 12 heteroatoms. The number of hydrogen-bond donors (Lipinski definition) is 1. The van der Waals surface area contributed by atoms with Gasteiger partial charge in [-0.25, -0.2) is 0 Å². The molecule has 3 nitrogen and oxygen atoms in total. The Kier molecular flexibility index (Phi) is 7.45. The lowest BCUT2D eigenvalue weighted by molar-refractivity contribution is -0.142. The smallest absolute Gasteiger partial charge is 0.416 e. The molecule has 0 bridgehead atoms. The number of hydrogen-bond acceptors (Lipinski definition) is 2. The van der Waals surface area contributed by atoms with Crippen LogP contribution < -0.4 is 0 Å². The maximum Gasteiger partial charge on any atom is 0.416 e. The molecule has 1 fully saturated rings. The van der Waals surface area contributed by atoms with E-state index in [-0.39, 0.29) is 12.1 Å². The van der Waals surface area contributed by atoms with E-state index in [9.17, 15) is 49.4 Å². The first-order chi connectivity index (χ1) is 16.1. The summed E-state index contributed by atoms with van der Waals surface area (Å²) in [6.45, 7) is -0.476. The SMILES string of the molecule is O=C(O)CC1CCCN(Cc2cc(C(F)(F)F)ccc2C(F)(F)F)C1c1ccc(C(F)(F)F)cc1.